The summed E-state index contributed by atoms with van der Waals surface area (Å²) in [6.45, 7) is 5.84. The van der Waals surface area contributed by atoms with Crippen molar-refractivity contribution >= 4 is 10.0 Å². The molecule has 0 bridgehead atoms. The van der Waals surface area contributed by atoms with Crippen LogP contribution in [0.15, 0.2) is 29.2 Å². The van der Waals surface area contributed by atoms with Gasteiger partial charge in [-0.05, 0) is 45.0 Å². The van der Waals surface area contributed by atoms with E-state index in [9.17, 15) is 8.42 Å². The van der Waals surface area contributed by atoms with E-state index in [0.29, 0.717) is 18.8 Å². The third-order valence-electron chi connectivity index (χ3n) is 2.15. The van der Waals surface area contributed by atoms with Crippen molar-refractivity contribution in [2.75, 3.05) is 13.2 Å². The third-order valence-corrected chi connectivity index (χ3v) is 3.92. The summed E-state index contributed by atoms with van der Waals surface area (Å²) >= 11 is 0. The summed E-state index contributed by atoms with van der Waals surface area (Å²) in [5.41, 5.74) is -0.519. The SMILES string of the molecule is CC(C)(C)NS(=O)(=O)c1ccc(OCCCO)cc1. The maximum Gasteiger partial charge on any atom is 0.241 e. The van der Waals surface area contributed by atoms with Gasteiger partial charge in [0.15, 0.2) is 0 Å². The number of benzene rings is 1. The molecule has 0 aromatic heterocycles. The van der Waals surface area contributed by atoms with Gasteiger partial charge in [-0.15, -0.1) is 0 Å². The highest BCUT2D eigenvalue weighted by Gasteiger charge is 2.21. The van der Waals surface area contributed by atoms with Crippen molar-refractivity contribution in [1.29, 1.82) is 0 Å². The summed E-state index contributed by atoms with van der Waals surface area (Å²) in [6, 6.07) is 6.22. The predicted octanol–water partition coefficient (Wildman–Crippen LogP) is 1.52. The Bertz CT molecular complexity index is 488. The first kappa shape index (κ1) is 15.9. The summed E-state index contributed by atoms with van der Waals surface area (Å²) in [5, 5.41) is 8.64. The zero-order chi connectivity index (χ0) is 14.5. The van der Waals surface area contributed by atoms with Crippen LogP contribution in [0.4, 0.5) is 0 Å². The van der Waals surface area contributed by atoms with E-state index in [0.717, 1.165) is 0 Å². The second kappa shape index (κ2) is 6.36. The lowest BCUT2D eigenvalue weighted by atomic mass is 10.1. The Hall–Kier alpha value is -1.11. The number of nitrogens with one attached hydrogen (secondary N) is 1. The second-order valence-corrected chi connectivity index (χ2v) is 6.93. The molecule has 0 fully saturated rings. The van der Waals surface area contributed by atoms with Crippen molar-refractivity contribution in [2.24, 2.45) is 0 Å². The molecule has 0 aliphatic rings. The lowest BCUT2D eigenvalue weighted by molar-refractivity contribution is 0.233. The van der Waals surface area contributed by atoms with Crippen molar-refractivity contribution < 1.29 is 18.3 Å². The molecule has 0 spiro atoms. The van der Waals surface area contributed by atoms with Gasteiger partial charge < -0.3 is 9.84 Å². The highest BCUT2D eigenvalue weighted by molar-refractivity contribution is 7.89. The van der Waals surface area contributed by atoms with E-state index in [-0.39, 0.29) is 11.5 Å². The molecule has 1 aromatic rings. The summed E-state index contributed by atoms with van der Waals surface area (Å²) in [5.74, 6) is 0.586. The van der Waals surface area contributed by atoms with Crippen LogP contribution in [0, 0.1) is 0 Å². The van der Waals surface area contributed by atoms with Gasteiger partial charge in [-0.2, -0.15) is 0 Å². The zero-order valence-electron chi connectivity index (χ0n) is 11.5. The van der Waals surface area contributed by atoms with Gasteiger partial charge in [0.2, 0.25) is 10.0 Å². The molecule has 108 valence electrons. The van der Waals surface area contributed by atoms with Crippen LogP contribution in [0.3, 0.4) is 0 Å². The monoisotopic (exact) mass is 287 g/mol. The van der Waals surface area contributed by atoms with Crippen LogP contribution < -0.4 is 9.46 Å². The highest BCUT2D eigenvalue weighted by atomic mass is 32.2. The van der Waals surface area contributed by atoms with E-state index in [1.807, 2.05) is 0 Å². The van der Waals surface area contributed by atoms with Crippen LogP contribution >= 0.6 is 0 Å². The van der Waals surface area contributed by atoms with Gasteiger partial charge in [0.1, 0.15) is 5.75 Å². The molecule has 2 N–H and O–H groups in total. The summed E-state index contributed by atoms with van der Waals surface area (Å²) in [7, 11) is -3.51. The molecule has 0 radical (unpaired) electrons. The first-order valence-corrected chi connectivity index (χ1v) is 7.61. The standard InChI is InChI=1S/C13H21NO4S/c1-13(2,3)14-19(16,17)12-7-5-11(6-8-12)18-10-4-9-15/h5-8,14-15H,4,9-10H2,1-3H3. The molecule has 1 rings (SSSR count). The van der Waals surface area contributed by atoms with Crippen molar-refractivity contribution in [3.05, 3.63) is 24.3 Å². The van der Waals surface area contributed by atoms with Gasteiger partial charge in [0, 0.05) is 18.6 Å². The fraction of sp³-hybridized carbons (Fsp3) is 0.538. The van der Waals surface area contributed by atoms with Crippen molar-refractivity contribution in [2.45, 2.75) is 37.6 Å². The smallest absolute Gasteiger partial charge is 0.241 e. The molecule has 1 aromatic carbocycles. The van der Waals surface area contributed by atoms with Crippen LogP contribution in [-0.4, -0.2) is 32.3 Å². The molecule has 19 heavy (non-hydrogen) atoms. The normalized spacial score (nSPS) is 12.4. The Morgan fingerprint density at radius 2 is 1.79 bits per heavy atom. The molecule has 0 saturated carbocycles. The summed E-state index contributed by atoms with van der Waals surface area (Å²) in [4.78, 5) is 0.205. The first-order chi connectivity index (χ1) is 8.74. The molecule has 0 unspecified atom stereocenters. The summed E-state index contributed by atoms with van der Waals surface area (Å²) in [6.07, 6.45) is 0.547. The van der Waals surface area contributed by atoms with Gasteiger partial charge in [0.25, 0.3) is 0 Å². The minimum Gasteiger partial charge on any atom is -0.494 e. The highest BCUT2D eigenvalue weighted by Crippen LogP contribution is 2.17. The Morgan fingerprint density at radius 1 is 1.21 bits per heavy atom. The molecule has 0 aliphatic heterocycles. The Kier molecular flexibility index (Phi) is 5.34. The largest absolute Gasteiger partial charge is 0.494 e. The van der Waals surface area contributed by atoms with E-state index in [1.54, 1.807) is 32.9 Å². The fourth-order valence-electron chi connectivity index (χ4n) is 1.43. The van der Waals surface area contributed by atoms with Gasteiger partial charge >= 0.3 is 0 Å². The van der Waals surface area contributed by atoms with E-state index in [1.165, 1.54) is 12.1 Å². The Balaban J connectivity index is 2.75. The number of sulfonamides is 1. The Labute approximate surface area is 114 Å². The molecule has 0 heterocycles. The quantitative estimate of drug-likeness (QED) is 0.778. The van der Waals surface area contributed by atoms with Crippen LogP contribution in [-0.2, 0) is 10.0 Å². The van der Waals surface area contributed by atoms with E-state index in [2.05, 4.69) is 4.72 Å². The van der Waals surface area contributed by atoms with E-state index in [4.69, 9.17) is 9.84 Å². The number of aliphatic hydroxyl groups excluding tert-OH is 1. The first-order valence-electron chi connectivity index (χ1n) is 6.12. The van der Waals surface area contributed by atoms with E-state index >= 15 is 0 Å². The van der Waals surface area contributed by atoms with Crippen LogP contribution in [0.5, 0.6) is 5.75 Å². The summed E-state index contributed by atoms with van der Waals surface area (Å²) < 4.78 is 32.0. The number of ether oxygens (including phenoxy) is 1. The number of hydrogen-bond donors (Lipinski definition) is 2. The van der Waals surface area contributed by atoms with Crippen molar-refractivity contribution in [3.8, 4) is 5.75 Å². The number of aliphatic hydroxyl groups is 1. The average molecular weight is 287 g/mol. The molecule has 0 amide bonds. The lowest BCUT2D eigenvalue weighted by Crippen LogP contribution is -2.40. The Morgan fingerprint density at radius 3 is 2.26 bits per heavy atom. The van der Waals surface area contributed by atoms with Crippen LogP contribution in [0.2, 0.25) is 0 Å². The van der Waals surface area contributed by atoms with Crippen LogP contribution in [0.25, 0.3) is 0 Å². The van der Waals surface area contributed by atoms with Crippen molar-refractivity contribution in [1.82, 2.24) is 4.72 Å². The molecule has 0 saturated heterocycles. The van der Waals surface area contributed by atoms with E-state index < -0.39 is 15.6 Å². The van der Waals surface area contributed by atoms with Gasteiger partial charge in [-0.3, -0.25) is 0 Å². The number of rotatable bonds is 6. The molecular weight excluding hydrogens is 266 g/mol. The molecule has 6 heteroatoms. The van der Waals surface area contributed by atoms with Gasteiger partial charge in [0.05, 0.1) is 11.5 Å². The molecule has 0 aliphatic carbocycles. The maximum absolute atomic E-state index is 12.0. The molecular formula is C13H21NO4S. The molecule has 5 nitrogen and oxygen atoms in total. The molecule has 0 atom stereocenters. The number of hydrogen-bond acceptors (Lipinski definition) is 4. The minimum absolute atomic E-state index is 0.0714. The average Bonchev–Trinajstić information content (AvgIpc) is 2.27. The predicted molar refractivity (Wildman–Crippen MR) is 73.7 cm³/mol. The second-order valence-electron chi connectivity index (χ2n) is 5.25. The van der Waals surface area contributed by atoms with Crippen LogP contribution in [0.1, 0.15) is 27.2 Å². The third kappa shape index (κ3) is 5.59. The zero-order valence-corrected chi connectivity index (χ0v) is 12.3. The fourth-order valence-corrected chi connectivity index (χ4v) is 2.85. The minimum atomic E-state index is -3.51. The lowest BCUT2D eigenvalue weighted by Gasteiger charge is -2.20. The van der Waals surface area contributed by atoms with Gasteiger partial charge in [-0.25, -0.2) is 13.1 Å². The van der Waals surface area contributed by atoms with Crippen molar-refractivity contribution in [3.63, 3.8) is 0 Å². The van der Waals surface area contributed by atoms with Gasteiger partial charge in [-0.1, -0.05) is 0 Å². The topological polar surface area (TPSA) is 75.6 Å². The maximum atomic E-state index is 12.0.